The Labute approximate surface area is 128 Å². The van der Waals surface area contributed by atoms with Gasteiger partial charge in [0.2, 0.25) is 0 Å². The number of carbonyl (C=O) groups is 1. The quantitative estimate of drug-likeness (QED) is 0.624. The number of furan rings is 1. The Balaban J connectivity index is 2.20. The van der Waals surface area contributed by atoms with Gasteiger partial charge in [-0.2, -0.15) is 0 Å². The van der Waals surface area contributed by atoms with Crippen molar-refractivity contribution in [2.24, 2.45) is 0 Å². The summed E-state index contributed by atoms with van der Waals surface area (Å²) >= 11 is 0. The highest BCUT2D eigenvalue weighted by Gasteiger charge is 2.22. The molecule has 0 spiro atoms. The smallest absolute Gasteiger partial charge is 0.289 e. The first-order valence-electron chi connectivity index (χ1n) is 7.04. The van der Waals surface area contributed by atoms with Gasteiger partial charge in [0.1, 0.15) is 5.76 Å². The maximum Gasteiger partial charge on any atom is 0.289 e. The van der Waals surface area contributed by atoms with Crippen molar-refractivity contribution < 1.29 is 14.1 Å². The molecule has 0 saturated heterocycles. The summed E-state index contributed by atoms with van der Waals surface area (Å²) in [7, 11) is 1.65. The Morgan fingerprint density at radius 2 is 2.09 bits per heavy atom. The van der Waals surface area contributed by atoms with Crippen LogP contribution < -0.4 is 0 Å². The molecule has 1 aromatic carbocycles. The maximum atomic E-state index is 12.4. The number of aryl methyl sites for hydroxylation is 1. The van der Waals surface area contributed by atoms with Gasteiger partial charge in [0.15, 0.2) is 5.76 Å². The van der Waals surface area contributed by atoms with Crippen LogP contribution in [-0.2, 0) is 6.42 Å². The number of nitrogens with zero attached hydrogens (tertiary/aromatic N) is 2. The lowest BCUT2D eigenvalue weighted by molar-refractivity contribution is -0.384. The van der Waals surface area contributed by atoms with Crippen LogP contribution in [0.1, 0.15) is 41.8 Å². The molecular formula is C16H18N2O4. The van der Waals surface area contributed by atoms with Crippen LogP contribution in [0.5, 0.6) is 0 Å². The van der Waals surface area contributed by atoms with Gasteiger partial charge in [0.25, 0.3) is 11.6 Å². The molecule has 0 bridgehead atoms. The van der Waals surface area contributed by atoms with Crippen molar-refractivity contribution in [1.29, 1.82) is 0 Å². The van der Waals surface area contributed by atoms with E-state index in [0.29, 0.717) is 5.56 Å². The molecule has 1 heterocycles. The van der Waals surface area contributed by atoms with Gasteiger partial charge in [-0.15, -0.1) is 0 Å². The Kier molecular flexibility index (Phi) is 4.60. The molecule has 2 rings (SSSR count). The molecule has 1 amide bonds. The second-order valence-corrected chi connectivity index (χ2v) is 5.06. The number of nitro benzene ring substituents is 1. The van der Waals surface area contributed by atoms with Gasteiger partial charge in [-0.1, -0.05) is 19.1 Å². The fourth-order valence-electron chi connectivity index (χ4n) is 2.15. The van der Waals surface area contributed by atoms with Gasteiger partial charge in [-0.05, 0) is 24.6 Å². The number of hydrogen-bond acceptors (Lipinski definition) is 4. The normalized spacial score (nSPS) is 12.0. The van der Waals surface area contributed by atoms with Gasteiger partial charge in [-0.25, -0.2) is 0 Å². The first kappa shape index (κ1) is 15.8. The van der Waals surface area contributed by atoms with Crippen molar-refractivity contribution in [3.8, 4) is 0 Å². The highest BCUT2D eigenvalue weighted by molar-refractivity contribution is 5.91. The van der Waals surface area contributed by atoms with Crippen LogP contribution >= 0.6 is 0 Å². The molecule has 2 aromatic rings. The zero-order valence-corrected chi connectivity index (χ0v) is 12.8. The molecule has 0 aliphatic heterocycles. The zero-order chi connectivity index (χ0) is 16.3. The topological polar surface area (TPSA) is 76.6 Å². The molecule has 0 aliphatic rings. The first-order chi connectivity index (χ1) is 10.4. The van der Waals surface area contributed by atoms with E-state index in [9.17, 15) is 14.9 Å². The van der Waals surface area contributed by atoms with Crippen LogP contribution in [0.15, 0.2) is 40.8 Å². The number of hydrogen-bond donors (Lipinski definition) is 0. The van der Waals surface area contributed by atoms with Crippen molar-refractivity contribution in [3.05, 3.63) is 63.6 Å². The van der Waals surface area contributed by atoms with E-state index in [2.05, 4.69) is 0 Å². The van der Waals surface area contributed by atoms with Crippen molar-refractivity contribution >= 4 is 11.6 Å². The third-order valence-electron chi connectivity index (χ3n) is 3.69. The van der Waals surface area contributed by atoms with Gasteiger partial charge in [-0.3, -0.25) is 14.9 Å². The molecular weight excluding hydrogens is 284 g/mol. The van der Waals surface area contributed by atoms with Crippen LogP contribution in [0.25, 0.3) is 0 Å². The van der Waals surface area contributed by atoms with Crippen LogP contribution in [0.4, 0.5) is 5.69 Å². The van der Waals surface area contributed by atoms with E-state index in [1.165, 1.54) is 17.0 Å². The largest absolute Gasteiger partial charge is 0.456 e. The number of nitro groups is 1. The van der Waals surface area contributed by atoms with E-state index in [1.807, 2.05) is 13.8 Å². The second-order valence-electron chi connectivity index (χ2n) is 5.06. The monoisotopic (exact) mass is 302 g/mol. The summed E-state index contributed by atoms with van der Waals surface area (Å²) in [6, 6.07) is 9.41. The van der Waals surface area contributed by atoms with Crippen molar-refractivity contribution in [1.82, 2.24) is 4.90 Å². The lowest BCUT2D eigenvalue weighted by Crippen LogP contribution is -2.29. The summed E-state index contributed by atoms with van der Waals surface area (Å²) < 4.78 is 5.46. The summed E-state index contributed by atoms with van der Waals surface area (Å²) in [6.45, 7) is 3.77. The zero-order valence-electron chi connectivity index (χ0n) is 12.8. The molecule has 0 radical (unpaired) electrons. The molecule has 0 N–H and O–H groups in total. The second kappa shape index (κ2) is 6.43. The average Bonchev–Trinajstić information content (AvgIpc) is 3.01. The van der Waals surface area contributed by atoms with E-state index >= 15 is 0 Å². The van der Waals surface area contributed by atoms with E-state index in [1.54, 1.807) is 31.3 Å². The maximum absolute atomic E-state index is 12.4. The van der Waals surface area contributed by atoms with Crippen molar-refractivity contribution in [2.75, 3.05) is 7.05 Å². The predicted octanol–water partition coefficient (Wildman–Crippen LogP) is 3.58. The van der Waals surface area contributed by atoms with E-state index < -0.39 is 4.92 Å². The van der Waals surface area contributed by atoms with Gasteiger partial charge >= 0.3 is 0 Å². The van der Waals surface area contributed by atoms with Gasteiger partial charge < -0.3 is 9.32 Å². The Morgan fingerprint density at radius 3 is 2.68 bits per heavy atom. The Morgan fingerprint density at radius 1 is 1.36 bits per heavy atom. The van der Waals surface area contributed by atoms with E-state index in [4.69, 9.17) is 4.42 Å². The molecule has 0 saturated carbocycles. The molecule has 6 heteroatoms. The van der Waals surface area contributed by atoms with Crippen LogP contribution in [-0.4, -0.2) is 22.8 Å². The number of non-ortho nitro benzene ring substituents is 1. The summed E-state index contributed by atoms with van der Waals surface area (Å²) in [5.41, 5.74) is 0.712. The molecule has 0 aliphatic carbocycles. The third kappa shape index (κ3) is 3.16. The van der Waals surface area contributed by atoms with Crippen LogP contribution in [0.3, 0.4) is 0 Å². The molecule has 116 valence electrons. The number of amides is 1. The average molecular weight is 302 g/mol. The third-order valence-corrected chi connectivity index (χ3v) is 3.69. The van der Waals surface area contributed by atoms with Crippen molar-refractivity contribution in [3.63, 3.8) is 0 Å². The van der Waals surface area contributed by atoms with Gasteiger partial charge in [0, 0.05) is 25.6 Å². The first-order valence-corrected chi connectivity index (χ1v) is 7.04. The predicted molar refractivity (Wildman–Crippen MR) is 81.7 cm³/mol. The summed E-state index contributed by atoms with van der Waals surface area (Å²) in [6.07, 6.45) is 0.720. The lowest BCUT2D eigenvalue weighted by Gasteiger charge is -2.24. The molecule has 22 heavy (non-hydrogen) atoms. The van der Waals surface area contributed by atoms with Gasteiger partial charge in [0.05, 0.1) is 11.0 Å². The van der Waals surface area contributed by atoms with E-state index in [0.717, 1.165) is 12.2 Å². The molecule has 1 aromatic heterocycles. The standard InChI is InChI=1S/C16H18N2O4/c1-4-14-8-9-15(22-14)16(19)17(3)11(2)12-6-5-7-13(10-12)18(20)21/h5-11H,4H2,1-3H3/t11-/m1/s1. The number of rotatable bonds is 5. The van der Waals surface area contributed by atoms with Crippen LogP contribution in [0, 0.1) is 10.1 Å². The fourth-order valence-corrected chi connectivity index (χ4v) is 2.15. The number of benzene rings is 1. The van der Waals surface area contributed by atoms with Crippen LogP contribution in [0.2, 0.25) is 0 Å². The number of carbonyl (C=O) groups excluding carboxylic acids is 1. The highest BCUT2D eigenvalue weighted by atomic mass is 16.6. The summed E-state index contributed by atoms with van der Waals surface area (Å²) in [5, 5.41) is 10.8. The molecule has 0 unspecified atom stereocenters. The minimum Gasteiger partial charge on any atom is -0.456 e. The minimum absolute atomic E-state index is 0.0106. The molecule has 1 atom stereocenters. The minimum atomic E-state index is -0.446. The van der Waals surface area contributed by atoms with Crippen molar-refractivity contribution in [2.45, 2.75) is 26.3 Å². The Bertz CT molecular complexity index is 693. The van der Waals surface area contributed by atoms with E-state index in [-0.39, 0.29) is 23.4 Å². The summed E-state index contributed by atoms with van der Waals surface area (Å²) in [5.74, 6) is 0.773. The molecule has 0 fully saturated rings. The summed E-state index contributed by atoms with van der Waals surface area (Å²) in [4.78, 5) is 24.3. The molecule has 6 nitrogen and oxygen atoms in total. The fraction of sp³-hybridized carbons (Fsp3) is 0.312. The highest BCUT2D eigenvalue weighted by Crippen LogP contribution is 2.24. The Hall–Kier alpha value is -2.63. The lowest BCUT2D eigenvalue weighted by atomic mass is 10.1. The SMILES string of the molecule is CCc1ccc(C(=O)N(C)[C@H](C)c2cccc([N+](=O)[O-])c2)o1.